The van der Waals surface area contributed by atoms with Gasteiger partial charge in [0.05, 0.1) is 31.1 Å². The van der Waals surface area contributed by atoms with Gasteiger partial charge in [0.15, 0.2) is 0 Å². The molecule has 5 unspecified atom stereocenters. The lowest BCUT2D eigenvalue weighted by Crippen LogP contribution is -2.47. The first kappa shape index (κ1) is 12.9. The Hall–Kier alpha value is -0.580. The summed E-state index contributed by atoms with van der Waals surface area (Å²) in [7, 11) is 0. The van der Waals surface area contributed by atoms with Crippen molar-refractivity contribution in [1.29, 1.82) is 0 Å². The first-order valence-corrected chi connectivity index (χ1v) is 6.57. The minimum Gasteiger partial charge on any atom is -0.501 e. The number of hydrazine groups is 1. The van der Waals surface area contributed by atoms with Crippen LogP contribution in [-0.4, -0.2) is 24.9 Å². The maximum Gasteiger partial charge on any atom is 0.0876 e. The topological polar surface area (TPSA) is 56.5 Å². The van der Waals surface area contributed by atoms with Crippen molar-refractivity contribution in [2.45, 2.75) is 51.9 Å². The standard InChI is InChI=1S/C13H24N2O2/c1-8-9(2)17-10(3)12(8)13(15-14)11-5-4-6-16-7-11/h7-10,12-13,15H,4-6,14H2,1-3H3. The highest BCUT2D eigenvalue weighted by molar-refractivity contribution is 5.14. The van der Waals surface area contributed by atoms with Crippen LogP contribution >= 0.6 is 0 Å². The monoisotopic (exact) mass is 240 g/mol. The molecule has 98 valence electrons. The van der Waals surface area contributed by atoms with E-state index >= 15 is 0 Å². The summed E-state index contributed by atoms with van der Waals surface area (Å²) in [5.41, 5.74) is 4.24. The molecule has 1 saturated heterocycles. The van der Waals surface area contributed by atoms with Gasteiger partial charge >= 0.3 is 0 Å². The maximum absolute atomic E-state index is 5.90. The van der Waals surface area contributed by atoms with Crippen LogP contribution in [0, 0.1) is 11.8 Å². The van der Waals surface area contributed by atoms with Crippen LogP contribution in [-0.2, 0) is 9.47 Å². The summed E-state index contributed by atoms with van der Waals surface area (Å²) >= 11 is 0. The fraction of sp³-hybridized carbons (Fsp3) is 0.846. The van der Waals surface area contributed by atoms with Crippen LogP contribution in [0.15, 0.2) is 11.8 Å². The van der Waals surface area contributed by atoms with E-state index < -0.39 is 0 Å². The van der Waals surface area contributed by atoms with E-state index in [0.717, 1.165) is 19.4 Å². The van der Waals surface area contributed by atoms with Crippen LogP contribution in [0.5, 0.6) is 0 Å². The third-order valence-corrected chi connectivity index (χ3v) is 4.25. The van der Waals surface area contributed by atoms with Gasteiger partial charge in [0, 0.05) is 5.92 Å². The molecule has 0 aromatic rings. The maximum atomic E-state index is 5.90. The van der Waals surface area contributed by atoms with E-state index in [9.17, 15) is 0 Å². The van der Waals surface area contributed by atoms with Gasteiger partial charge in [-0.05, 0) is 38.2 Å². The van der Waals surface area contributed by atoms with Gasteiger partial charge in [-0.3, -0.25) is 11.3 Å². The van der Waals surface area contributed by atoms with Gasteiger partial charge in [-0.25, -0.2) is 0 Å². The molecular weight excluding hydrogens is 216 g/mol. The summed E-state index contributed by atoms with van der Waals surface area (Å²) in [5.74, 6) is 6.68. The highest BCUT2D eigenvalue weighted by Crippen LogP contribution is 2.37. The van der Waals surface area contributed by atoms with Crippen molar-refractivity contribution in [3.63, 3.8) is 0 Å². The molecule has 17 heavy (non-hydrogen) atoms. The molecule has 4 nitrogen and oxygen atoms in total. The first-order valence-electron chi connectivity index (χ1n) is 6.57. The van der Waals surface area contributed by atoms with Crippen molar-refractivity contribution < 1.29 is 9.47 Å². The Bertz CT molecular complexity index is 293. The van der Waals surface area contributed by atoms with Crippen molar-refractivity contribution in [3.05, 3.63) is 11.8 Å². The lowest BCUT2D eigenvalue weighted by atomic mass is 9.79. The van der Waals surface area contributed by atoms with Crippen molar-refractivity contribution in [3.8, 4) is 0 Å². The normalized spacial score (nSPS) is 39.6. The zero-order chi connectivity index (χ0) is 12.4. The summed E-state index contributed by atoms with van der Waals surface area (Å²) in [5, 5.41) is 0. The molecule has 5 atom stereocenters. The summed E-state index contributed by atoms with van der Waals surface area (Å²) in [6.07, 6.45) is 4.57. The van der Waals surface area contributed by atoms with Gasteiger partial charge in [-0.15, -0.1) is 0 Å². The third-order valence-electron chi connectivity index (χ3n) is 4.25. The van der Waals surface area contributed by atoms with Crippen molar-refractivity contribution in [2.24, 2.45) is 17.7 Å². The molecule has 2 rings (SSSR count). The molecule has 4 heteroatoms. The van der Waals surface area contributed by atoms with E-state index in [-0.39, 0.29) is 12.1 Å². The summed E-state index contributed by atoms with van der Waals surface area (Å²) < 4.78 is 11.3. The summed E-state index contributed by atoms with van der Waals surface area (Å²) in [4.78, 5) is 0. The molecule has 0 radical (unpaired) electrons. The lowest BCUT2D eigenvalue weighted by molar-refractivity contribution is 0.0484. The Morgan fingerprint density at radius 3 is 2.59 bits per heavy atom. The molecule has 1 fully saturated rings. The lowest BCUT2D eigenvalue weighted by Gasteiger charge is -2.31. The number of ether oxygens (including phenoxy) is 2. The van der Waals surface area contributed by atoms with Gasteiger partial charge in [-0.1, -0.05) is 6.92 Å². The molecule has 2 heterocycles. The SMILES string of the molecule is CC1OC(C)C(C(NN)C2=COCCC2)C1C. The molecule has 0 aromatic heterocycles. The molecule has 0 spiro atoms. The van der Waals surface area contributed by atoms with Gasteiger partial charge in [0.1, 0.15) is 0 Å². The fourth-order valence-electron chi connectivity index (χ4n) is 3.15. The van der Waals surface area contributed by atoms with E-state index in [0.29, 0.717) is 17.9 Å². The number of nitrogens with one attached hydrogen (secondary N) is 1. The molecule has 0 amide bonds. The third kappa shape index (κ3) is 2.49. The van der Waals surface area contributed by atoms with Crippen LogP contribution < -0.4 is 11.3 Å². The first-order chi connectivity index (χ1) is 8.15. The predicted octanol–water partition coefficient (Wildman–Crippen LogP) is 1.57. The largest absolute Gasteiger partial charge is 0.501 e. The van der Waals surface area contributed by atoms with E-state index in [1.807, 2.05) is 6.26 Å². The molecule has 0 aliphatic carbocycles. The smallest absolute Gasteiger partial charge is 0.0876 e. The zero-order valence-corrected chi connectivity index (χ0v) is 11.0. The molecule has 2 aliphatic rings. The number of nitrogens with two attached hydrogens (primary N) is 1. The zero-order valence-electron chi connectivity index (χ0n) is 11.0. The Morgan fingerprint density at radius 1 is 1.35 bits per heavy atom. The van der Waals surface area contributed by atoms with E-state index in [1.54, 1.807) is 0 Å². The second-order valence-electron chi connectivity index (χ2n) is 5.29. The van der Waals surface area contributed by atoms with Crippen LogP contribution in [0.25, 0.3) is 0 Å². The Morgan fingerprint density at radius 2 is 2.12 bits per heavy atom. The minimum absolute atomic E-state index is 0.172. The molecule has 0 aromatic carbocycles. The van der Waals surface area contributed by atoms with E-state index in [4.69, 9.17) is 15.3 Å². The van der Waals surface area contributed by atoms with Gasteiger partial charge in [0.2, 0.25) is 0 Å². The fourth-order valence-corrected chi connectivity index (χ4v) is 3.15. The van der Waals surface area contributed by atoms with Crippen LogP contribution in [0.1, 0.15) is 33.6 Å². The molecule has 2 aliphatic heterocycles. The summed E-state index contributed by atoms with van der Waals surface area (Å²) in [6.45, 7) is 7.34. The number of rotatable bonds is 3. The quantitative estimate of drug-likeness (QED) is 0.581. The van der Waals surface area contributed by atoms with Crippen LogP contribution in [0.2, 0.25) is 0 Å². The predicted molar refractivity (Wildman–Crippen MR) is 67.0 cm³/mol. The molecule has 0 saturated carbocycles. The van der Waals surface area contributed by atoms with Crippen molar-refractivity contribution in [1.82, 2.24) is 5.43 Å². The van der Waals surface area contributed by atoms with E-state index in [1.165, 1.54) is 5.57 Å². The minimum atomic E-state index is 0.172. The van der Waals surface area contributed by atoms with Gasteiger partial charge in [-0.2, -0.15) is 0 Å². The highest BCUT2D eigenvalue weighted by Gasteiger charge is 2.42. The Labute approximate surface area is 104 Å². The molecule has 3 N–H and O–H groups in total. The second kappa shape index (κ2) is 5.38. The Balaban J connectivity index is 2.14. The number of hydrogen-bond acceptors (Lipinski definition) is 4. The van der Waals surface area contributed by atoms with Crippen LogP contribution in [0.3, 0.4) is 0 Å². The van der Waals surface area contributed by atoms with Crippen molar-refractivity contribution in [2.75, 3.05) is 6.61 Å². The average Bonchev–Trinajstić information content (AvgIpc) is 2.58. The van der Waals surface area contributed by atoms with E-state index in [2.05, 4.69) is 26.2 Å². The molecule has 0 bridgehead atoms. The highest BCUT2D eigenvalue weighted by atomic mass is 16.5. The Kier molecular flexibility index (Phi) is 4.07. The number of hydrogen-bond donors (Lipinski definition) is 2. The van der Waals surface area contributed by atoms with Gasteiger partial charge in [0.25, 0.3) is 0 Å². The average molecular weight is 240 g/mol. The second-order valence-corrected chi connectivity index (χ2v) is 5.29. The van der Waals surface area contributed by atoms with Crippen molar-refractivity contribution >= 4 is 0 Å². The molecular formula is C13H24N2O2. The van der Waals surface area contributed by atoms with Crippen LogP contribution in [0.4, 0.5) is 0 Å². The summed E-state index contributed by atoms with van der Waals surface area (Å²) in [6, 6.07) is 0.172. The van der Waals surface area contributed by atoms with Gasteiger partial charge < -0.3 is 9.47 Å².